The summed E-state index contributed by atoms with van der Waals surface area (Å²) in [6, 6.07) is 7.50. The monoisotopic (exact) mass is 306 g/mol. The average molecular weight is 306 g/mol. The van der Waals surface area contributed by atoms with Gasteiger partial charge in [-0.05, 0) is 12.0 Å². The molecule has 0 aliphatic heterocycles. The smallest absolute Gasteiger partial charge is 0.235 e. The molecule has 8 heteroatoms. The van der Waals surface area contributed by atoms with Gasteiger partial charge in [0.15, 0.2) is 19.7 Å². The molecule has 1 rings (SSSR count). The number of rotatable bonds is 5. The molecule has 0 spiro atoms. The van der Waals surface area contributed by atoms with E-state index < -0.39 is 29.9 Å². The molecule has 19 heavy (non-hydrogen) atoms. The van der Waals surface area contributed by atoms with Crippen LogP contribution in [0.25, 0.3) is 0 Å². The summed E-state index contributed by atoms with van der Waals surface area (Å²) in [7, 11) is -8.15. The molecule has 108 valence electrons. The topological polar surface area (TPSA) is 120 Å². The maximum atomic E-state index is 11.7. The van der Waals surface area contributed by atoms with Crippen molar-refractivity contribution in [3.63, 3.8) is 0 Å². The highest BCUT2D eigenvalue weighted by molar-refractivity contribution is 8.09. The van der Waals surface area contributed by atoms with E-state index >= 15 is 0 Å². The van der Waals surface area contributed by atoms with Crippen LogP contribution in [-0.2, 0) is 26.1 Å². The van der Waals surface area contributed by atoms with Gasteiger partial charge in [0.05, 0.1) is 6.04 Å². The molecule has 4 N–H and O–H groups in total. The largest absolute Gasteiger partial charge is 0.324 e. The summed E-state index contributed by atoms with van der Waals surface area (Å²) in [5, 5.41) is 0. The molecule has 1 aromatic carbocycles. The molecule has 1 atom stereocenters. The zero-order chi connectivity index (χ0) is 14.9. The Morgan fingerprint density at radius 3 is 1.84 bits per heavy atom. The zero-order valence-electron chi connectivity index (χ0n) is 10.8. The van der Waals surface area contributed by atoms with Crippen LogP contribution >= 0.6 is 0 Å². The molecular formula is C11H18N2O4S2. The van der Waals surface area contributed by atoms with Crippen molar-refractivity contribution in [3.05, 3.63) is 35.9 Å². The summed E-state index contributed by atoms with van der Waals surface area (Å²) in [5.41, 5.74) is 12.1. The second-order valence-corrected chi connectivity index (χ2v) is 9.26. The van der Waals surface area contributed by atoms with E-state index in [1.807, 2.05) is 0 Å². The Kier molecular flexibility index (Phi) is 4.40. The number of nitrogens with two attached hydrogens (primary N) is 2. The predicted octanol–water partition coefficient (Wildman–Crippen LogP) is -0.742. The van der Waals surface area contributed by atoms with Crippen LogP contribution in [0.4, 0.5) is 0 Å². The van der Waals surface area contributed by atoms with Crippen molar-refractivity contribution in [2.24, 2.45) is 11.5 Å². The predicted molar refractivity (Wildman–Crippen MR) is 74.7 cm³/mol. The Balaban J connectivity index is 3.22. The fraction of sp³-hybridized carbons (Fsp3) is 0.455. The van der Waals surface area contributed by atoms with E-state index in [2.05, 4.69) is 0 Å². The number of hydrogen-bond donors (Lipinski definition) is 2. The van der Waals surface area contributed by atoms with Gasteiger partial charge < -0.3 is 5.73 Å². The van der Waals surface area contributed by atoms with Gasteiger partial charge in [-0.25, -0.2) is 16.8 Å². The molecule has 0 amide bonds. The molecule has 0 aromatic heterocycles. The molecule has 0 aliphatic rings. The molecule has 0 fully saturated rings. The Bertz CT molecular complexity index is 607. The van der Waals surface area contributed by atoms with Crippen molar-refractivity contribution >= 4 is 19.7 Å². The van der Waals surface area contributed by atoms with Crippen molar-refractivity contribution in [1.29, 1.82) is 0 Å². The zero-order valence-corrected chi connectivity index (χ0v) is 12.4. The van der Waals surface area contributed by atoms with Gasteiger partial charge in [-0.2, -0.15) is 0 Å². The van der Waals surface area contributed by atoms with E-state index in [-0.39, 0.29) is 6.42 Å². The average Bonchev–Trinajstić information content (AvgIpc) is 2.26. The van der Waals surface area contributed by atoms with Crippen molar-refractivity contribution in [3.8, 4) is 0 Å². The van der Waals surface area contributed by atoms with Gasteiger partial charge in [-0.3, -0.25) is 5.73 Å². The maximum Gasteiger partial charge on any atom is 0.235 e. The summed E-state index contributed by atoms with van der Waals surface area (Å²) in [6.45, 7) is 0. The van der Waals surface area contributed by atoms with E-state index in [1.165, 1.54) is 0 Å². The first-order chi connectivity index (χ1) is 8.50. The molecule has 0 bridgehead atoms. The van der Waals surface area contributed by atoms with Crippen molar-refractivity contribution < 1.29 is 16.8 Å². The van der Waals surface area contributed by atoms with E-state index in [1.54, 1.807) is 30.3 Å². The number of hydrogen-bond acceptors (Lipinski definition) is 6. The Morgan fingerprint density at radius 1 is 1.05 bits per heavy atom. The van der Waals surface area contributed by atoms with Gasteiger partial charge in [-0.1, -0.05) is 30.3 Å². The van der Waals surface area contributed by atoms with Crippen LogP contribution in [0.2, 0.25) is 0 Å². The molecule has 0 aliphatic carbocycles. The highest BCUT2D eigenvalue weighted by Gasteiger charge is 2.51. The van der Waals surface area contributed by atoms with E-state index in [9.17, 15) is 16.8 Å². The Hall–Kier alpha value is -0.960. The van der Waals surface area contributed by atoms with Gasteiger partial charge in [0.25, 0.3) is 0 Å². The summed E-state index contributed by atoms with van der Waals surface area (Å²) in [6.07, 6.45) is 1.61. The minimum Gasteiger partial charge on any atom is -0.324 e. The lowest BCUT2D eigenvalue weighted by atomic mass is 10.1. The van der Waals surface area contributed by atoms with Gasteiger partial charge in [-0.15, -0.1) is 0 Å². The summed E-state index contributed by atoms with van der Waals surface area (Å²) >= 11 is 0. The first kappa shape index (κ1) is 16.1. The van der Waals surface area contributed by atoms with Crippen LogP contribution in [-0.4, -0.2) is 39.6 Å². The number of sulfone groups is 2. The molecule has 6 nitrogen and oxygen atoms in total. The quantitative estimate of drug-likeness (QED) is 0.739. The molecule has 1 unspecified atom stereocenters. The Labute approximate surface area is 113 Å². The van der Waals surface area contributed by atoms with Crippen molar-refractivity contribution in [2.45, 2.75) is 16.7 Å². The van der Waals surface area contributed by atoms with Crippen molar-refractivity contribution in [2.75, 3.05) is 12.5 Å². The summed E-state index contributed by atoms with van der Waals surface area (Å²) in [4.78, 5) is 0. The molecule has 0 heterocycles. The van der Waals surface area contributed by atoms with Gasteiger partial charge in [0.2, 0.25) is 4.20 Å². The lowest BCUT2D eigenvalue weighted by Gasteiger charge is -2.31. The first-order valence-corrected chi connectivity index (χ1v) is 9.26. The van der Waals surface area contributed by atoms with E-state index in [0.29, 0.717) is 0 Å². The lowest BCUT2D eigenvalue weighted by Crippen LogP contribution is -2.65. The van der Waals surface area contributed by atoms with Crippen LogP contribution in [0.15, 0.2) is 30.3 Å². The van der Waals surface area contributed by atoms with Crippen LogP contribution in [0.3, 0.4) is 0 Å². The second-order valence-electron chi connectivity index (χ2n) is 4.56. The standard InChI is InChI=1S/C11H18N2O4S2/c1-18(14,15)11(13,19(2,16)17)10(12)8-9-6-4-3-5-7-9/h3-7,10H,8,12-13H2,1-2H3. The lowest BCUT2D eigenvalue weighted by molar-refractivity contribution is 0.500. The highest BCUT2D eigenvalue weighted by atomic mass is 32.3. The van der Waals surface area contributed by atoms with Gasteiger partial charge in [0, 0.05) is 12.5 Å². The fourth-order valence-corrected chi connectivity index (χ4v) is 5.30. The maximum absolute atomic E-state index is 11.7. The summed E-state index contributed by atoms with van der Waals surface area (Å²) < 4.78 is 44.5. The van der Waals surface area contributed by atoms with Crippen LogP contribution in [0, 0.1) is 0 Å². The second kappa shape index (κ2) is 5.20. The highest BCUT2D eigenvalue weighted by Crippen LogP contribution is 2.23. The fourth-order valence-electron chi connectivity index (χ4n) is 1.84. The molecular weight excluding hydrogens is 288 g/mol. The van der Waals surface area contributed by atoms with Crippen LogP contribution < -0.4 is 11.5 Å². The number of benzene rings is 1. The minimum absolute atomic E-state index is 0.0531. The molecule has 0 radical (unpaired) electrons. The first-order valence-electron chi connectivity index (χ1n) is 5.47. The van der Waals surface area contributed by atoms with Crippen LogP contribution in [0.5, 0.6) is 0 Å². The minimum atomic E-state index is -4.08. The van der Waals surface area contributed by atoms with Crippen LogP contribution in [0.1, 0.15) is 5.56 Å². The van der Waals surface area contributed by atoms with E-state index in [0.717, 1.165) is 18.1 Å². The summed E-state index contributed by atoms with van der Waals surface area (Å²) in [5.74, 6) is 0. The van der Waals surface area contributed by atoms with Gasteiger partial charge in [0.1, 0.15) is 0 Å². The third kappa shape index (κ3) is 3.14. The molecule has 0 saturated carbocycles. The molecule has 1 aromatic rings. The van der Waals surface area contributed by atoms with Crippen molar-refractivity contribution in [1.82, 2.24) is 0 Å². The SMILES string of the molecule is CS(=O)(=O)C(N)(C(N)Cc1ccccc1)S(C)(=O)=O. The third-order valence-corrected chi connectivity index (χ3v) is 7.71. The third-order valence-electron chi connectivity index (χ3n) is 2.97. The molecule has 0 saturated heterocycles. The Morgan fingerprint density at radius 2 is 1.47 bits per heavy atom. The normalized spacial score (nSPS) is 15.2. The van der Waals surface area contributed by atoms with E-state index in [4.69, 9.17) is 11.5 Å². The van der Waals surface area contributed by atoms with Gasteiger partial charge >= 0.3 is 0 Å².